The van der Waals surface area contributed by atoms with Crippen molar-refractivity contribution in [2.75, 3.05) is 0 Å². The maximum atomic E-state index is 12.5. The molecule has 110 valence electrons. The summed E-state index contributed by atoms with van der Waals surface area (Å²) in [5.41, 5.74) is 5.69. The van der Waals surface area contributed by atoms with Crippen LogP contribution < -0.4 is 0 Å². The average Bonchev–Trinajstić information content (AvgIpc) is 3.04. The Balaban J connectivity index is 1.79. The zero-order chi connectivity index (χ0) is 14.6. The van der Waals surface area contributed by atoms with Gasteiger partial charge >= 0.3 is 0 Å². The molecule has 0 amide bonds. The zero-order valence-electron chi connectivity index (χ0n) is 13.1. The predicted octanol–water partition coefficient (Wildman–Crippen LogP) is 4.84. The van der Waals surface area contributed by atoms with Crippen LogP contribution in [0, 0.1) is 11.8 Å². The zero-order valence-corrected chi connectivity index (χ0v) is 13.1. The number of allylic oxidation sites excluding steroid dienone is 2. The number of hydrogen-bond donors (Lipinski definition) is 0. The van der Waals surface area contributed by atoms with Gasteiger partial charge in [-0.2, -0.15) is 0 Å². The minimum atomic E-state index is 0.295. The number of benzene rings is 1. The van der Waals surface area contributed by atoms with Gasteiger partial charge in [0.25, 0.3) is 0 Å². The fourth-order valence-electron chi connectivity index (χ4n) is 4.98. The van der Waals surface area contributed by atoms with Crippen LogP contribution in [0.5, 0.6) is 0 Å². The molecule has 3 aliphatic rings. The fourth-order valence-corrected chi connectivity index (χ4v) is 4.98. The van der Waals surface area contributed by atoms with Crippen LogP contribution in [0.4, 0.5) is 0 Å². The molecule has 0 heterocycles. The topological polar surface area (TPSA) is 17.1 Å². The lowest BCUT2D eigenvalue weighted by Crippen LogP contribution is -2.37. The highest BCUT2D eigenvalue weighted by Crippen LogP contribution is 2.58. The van der Waals surface area contributed by atoms with Gasteiger partial charge in [-0.15, -0.1) is 0 Å². The molecule has 1 spiro atoms. The molecule has 1 aromatic rings. The summed E-state index contributed by atoms with van der Waals surface area (Å²) in [5, 5.41) is 0. The van der Waals surface area contributed by atoms with E-state index in [1.807, 2.05) is 0 Å². The quantitative estimate of drug-likeness (QED) is 0.708. The van der Waals surface area contributed by atoms with Gasteiger partial charge in [-0.3, -0.25) is 4.79 Å². The van der Waals surface area contributed by atoms with E-state index in [4.69, 9.17) is 0 Å². The molecular weight excluding hydrogens is 256 g/mol. The summed E-state index contributed by atoms with van der Waals surface area (Å²) in [6.45, 7) is 4.48. The van der Waals surface area contributed by atoms with Crippen molar-refractivity contribution in [2.45, 2.75) is 57.8 Å². The number of hydrogen-bond acceptors (Lipinski definition) is 1. The molecule has 1 heteroatoms. The van der Waals surface area contributed by atoms with E-state index in [0.29, 0.717) is 17.1 Å². The van der Waals surface area contributed by atoms with Crippen LogP contribution in [0.1, 0.15) is 67.4 Å². The lowest BCUT2D eigenvalue weighted by atomic mass is 9.62. The van der Waals surface area contributed by atoms with Crippen LogP contribution in [-0.4, -0.2) is 5.78 Å². The molecular formula is C20H24O. The third-order valence-corrected chi connectivity index (χ3v) is 5.89. The van der Waals surface area contributed by atoms with Crippen molar-refractivity contribution < 1.29 is 4.79 Å². The number of ketones is 1. The number of fused-ring (bicyclic) bond motifs is 5. The molecule has 21 heavy (non-hydrogen) atoms. The summed E-state index contributed by atoms with van der Waals surface area (Å²) in [5.74, 6) is 1.77. The van der Waals surface area contributed by atoms with Crippen LogP contribution in [0.2, 0.25) is 0 Å². The van der Waals surface area contributed by atoms with Crippen molar-refractivity contribution in [1.29, 1.82) is 0 Å². The lowest BCUT2D eigenvalue weighted by Gasteiger charge is -2.41. The predicted molar refractivity (Wildman–Crippen MR) is 85.7 cm³/mol. The minimum absolute atomic E-state index is 0.295. The number of carbonyl (C=O) groups is 1. The summed E-state index contributed by atoms with van der Waals surface area (Å²) in [7, 11) is 0. The molecule has 1 fully saturated rings. The highest BCUT2D eigenvalue weighted by molar-refractivity contribution is 5.99. The molecule has 1 saturated carbocycles. The largest absolute Gasteiger partial charge is 0.294 e. The number of carbonyl (C=O) groups excluding carboxylic acids is 1. The molecule has 2 unspecified atom stereocenters. The van der Waals surface area contributed by atoms with Crippen molar-refractivity contribution in [3.05, 3.63) is 46.5 Å². The van der Waals surface area contributed by atoms with Crippen LogP contribution in [0.15, 0.2) is 29.8 Å². The van der Waals surface area contributed by atoms with Crippen molar-refractivity contribution in [1.82, 2.24) is 0 Å². The van der Waals surface area contributed by atoms with Crippen LogP contribution in [0.3, 0.4) is 0 Å². The average molecular weight is 280 g/mol. The van der Waals surface area contributed by atoms with Gasteiger partial charge in [-0.05, 0) is 61.1 Å². The molecule has 0 aliphatic heterocycles. The molecule has 2 atom stereocenters. The Morgan fingerprint density at radius 1 is 1.33 bits per heavy atom. The van der Waals surface area contributed by atoms with E-state index in [1.54, 1.807) is 5.57 Å². The van der Waals surface area contributed by atoms with E-state index >= 15 is 0 Å². The van der Waals surface area contributed by atoms with E-state index in [-0.39, 0.29) is 0 Å². The van der Waals surface area contributed by atoms with Gasteiger partial charge in [0.1, 0.15) is 0 Å². The SMILES string of the molecule is CC(C)Cc1ccc2c(c1)C(=O)CCC21CC2=CCC1C2. The van der Waals surface area contributed by atoms with Gasteiger partial charge in [0.05, 0.1) is 0 Å². The first-order valence-electron chi connectivity index (χ1n) is 8.43. The van der Waals surface area contributed by atoms with Crippen molar-refractivity contribution >= 4 is 5.78 Å². The van der Waals surface area contributed by atoms with Crippen LogP contribution in [0.25, 0.3) is 0 Å². The maximum absolute atomic E-state index is 12.5. The second-order valence-electron chi connectivity index (χ2n) is 7.73. The lowest BCUT2D eigenvalue weighted by molar-refractivity contribution is 0.0939. The molecule has 0 aromatic heterocycles. The molecule has 2 bridgehead atoms. The highest BCUT2D eigenvalue weighted by Gasteiger charge is 2.51. The van der Waals surface area contributed by atoms with E-state index in [2.05, 4.69) is 38.1 Å². The van der Waals surface area contributed by atoms with E-state index in [9.17, 15) is 4.79 Å². The van der Waals surface area contributed by atoms with Crippen molar-refractivity contribution in [2.24, 2.45) is 11.8 Å². The third-order valence-electron chi connectivity index (χ3n) is 5.89. The van der Waals surface area contributed by atoms with Gasteiger partial charge in [-0.1, -0.05) is 37.6 Å². The standard InChI is InChI=1S/C20H24O/c1-13(2)9-14-4-6-18-17(11-14)19(21)7-8-20(18)12-15-3-5-16(20)10-15/h3-4,6,11,13,16H,5,7-10,12H2,1-2H3. The molecule has 3 aliphatic carbocycles. The summed E-state index contributed by atoms with van der Waals surface area (Å²) in [4.78, 5) is 12.5. The Labute approximate surface area is 127 Å². The normalized spacial score (nSPS) is 30.1. The first kappa shape index (κ1) is 13.3. The third kappa shape index (κ3) is 1.93. The van der Waals surface area contributed by atoms with Crippen LogP contribution in [-0.2, 0) is 11.8 Å². The summed E-state index contributed by atoms with van der Waals surface area (Å²) in [6, 6.07) is 6.78. The second-order valence-corrected chi connectivity index (χ2v) is 7.73. The minimum Gasteiger partial charge on any atom is -0.294 e. The van der Waals surface area contributed by atoms with Gasteiger partial charge in [0.2, 0.25) is 0 Å². The maximum Gasteiger partial charge on any atom is 0.163 e. The number of Topliss-reactive ketones (excluding diaryl/α,β-unsaturated/α-hetero) is 1. The monoisotopic (exact) mass is 280 g/mol. The smallest absolute Gasteiger partial charge is 0.163 e. The molecule has 0 radical (unpaired) electrons. The summed E-state index contributed by atoms with van der Waals surface area (Å²) >= 11 is 0. The van der Waals surface area contributed by atoms with Gasteiger partial charge in [0, 0.05) is 17.4 Å². The Hall–Kier alpha value is -1.37. The van der Waals surface area contributed by atoms with E-state index < -0.39 is 0 Å². The van der Waals surface area contributed by atoms with Gasteiger partial charge < -0.3 is 0 Å². The molecule has 0 saturated heterocycles. The Morgan fingerprint density at radius 3 is 2.86 bits per heavy atom. The Kier molecular flexibility index (Phi) is 2.89. The van der Waals surface area contributed by atoms with Crippen molar-refractivity contribution in [3.8, 4) is 0 Å². The second kappa shape index (κ2) is 4.56. The van der Waals surface area contributed by atoms with Crippen LogP contribution >= 0.6 is 0 Å². The van der Waals surface area contributed by atoms with Crippen molar-refractivity contribution in [3.63, 3.8) is 0 Å². The van der Waals surface area contributed by atoms with Gasteiger partial charge in [0.15, 0.2) is 5.78 Å². The fraction of sp³-hybridized carbons (Fsp3) is 0.550. The first-order chi connectivity index (χ1) is 10.1. The summed E-state index contributed by atoms with van der Waals surface area (Å²) in [6.07, 6.45) is 9.06. The molecule has 0 N–H and O–H groups in total. The Bertz CT molecular complexity index is 637. The molecule has 1 nitrogen and oxygen atoms in total. The summed E-state index contributed by atoms with van der Waals surface area (Å²) < 4.78 is 0. The van der Waals surface area contributed by atoms with E-state index in [0.717, 1.165) is 30.7 Å². The Morgan fingerprint density at radius 2 is 2.19 bits per heavy atom. The number of rotatable bonds is 2. The molecule has 4 rings (SSSR count). The highest BCUT2D eigenvalue weighted by atomic mass is 16.1. The van der Waals surface area contributed by atoms with Gasteiger partial charge in [-0.25, -0.2) is 0 Å². The van der Waals surface area contributed by atoms with E-state index in [1.165, 1.54) is 30.4 Å². The molecule has 1 aromatic carbocycles. The first-order valence-corrected chi connectivity index (χ1v) is 8.43.